The van der Waals surface area contributed by atoms with Gasteiger partial charge in [-0.15, -0.1) is 0 Å². The maximum atomic E-state index is 12.3. The van der Waals surface area contributed by atoms with Crippen molar-refractivity contribution in [3.63, 3.8) is 0 Å². The summed E-state index contributed by atoms with van der Waals surface area (Å²) in [6.45, 7) is 8.45. The van der Waals surface area contributed by atoms with Crippen LogP contribution in [0.1, 0.15) is 48.5 Å². The van der Waals surface area contributed by atoms with Crippen LogP contribution in [-0.4, -0.2) is 33.8 Å². The van der Waals surface area contributed by atoms with E-state index in [2.05, 4.69) is 4.98 Å². The second-order valence-corrected chi connectivity index (χ2v) is 5.02. The monoisotopic (exact) mass is 249 g/mol. The highest BCUT2D eigenvalue weighted by Gasteiger charge is 2.25. The van der Waals surface area contributed by atoms with Crippen LogP contribution in [0.15, 0.2) is 18.3 Å². The number of primary amides is 1. The molecular formula is C13H19N3O2. The number of hydrogen-bond acceptors (Lipinski definition) is 3. The van der Waals surface area contributed by atoms with Gasteiger partial charge >= 0.3 is 0 Å². The molecular weight excluding hydrogens is 230 g/mol. The lowest BCUT2D eigenvalue weighted by atomic mass is 10.0. The Morgan fingerprint density at radius 3 is 2.28 bits per heavy atom. The summed E-state index contributed by atoms with van der Waals surface area (Å²) < 4.78 is 0. The number of aromatic nitrogens is 1. The van der Waals surface area contributed by atoms with Crippen LogP contribution in [0, 0.1) is 0 Å². The lowest BCUT2D eigenvalue weighted by molar-refractivity contribution is 0.0598. The summed E-state index contributed by atoms with van der Waals surface area (Å²) in [6.07, 6.45) is 1.39. The quantitative estimate of drug-likeness (QED) is 0.880. The van der Waals surface area contributed by atoms with Crippen molar-refractivity contribution in [2.75, 3.05) is 6.54 Å². The van der Waals surface area contributed by atoms with Crippen LogP contribution in [0.3, 0.4) is 0 Å². The van der Waals surface area contributed by atoms with Gasteiger partial charge in [0.2, 0.25) is 0 Å². The van der Waals surface area contributed by atoms with Gasteiger partial charge in [-0.05, 0) is 39.8 Å². The minimum absolute atomic E-state index is 0.103. The van der Waals surface area contributed by atoms with E-state index < -0.39 is 5.91 Å². The van der Waals surface area contributed by atoms with Crippen LogP contribution in [0.4, 0.5) is 0 Å². The van der Waals surface area contributed by atoms with Gasteiger partial charge in [0, 0.05) is 18.3 Å². The van der Waals surface area contributed by atoms with Gasteiger partial charge in [0.15, 0.2) is 0 Å². The Labute approximate surface area is 107 Å². The molecule has 2 N–H and O–H groups in total. The fourth-order valence-electron chi connectivity index (χ4n) is 1.74. The summed E-state index contributed by atoms with van der Waals surface area (Å²) in [5, 5.41) is 0. The van der Waals surface area contributed by atoms with Crippen LogP contribution in [0.2, 0.25) is 0 Å². The zero-order chi connectivity index (χ0) is 13.9. The number of nitrogens with two attached hydrogens (primary N) is 1. The first-order chi connectivity index (χ1) is 8.27. The number of hydrogen-bond donors (Lipinski definition) is 1. The average molecular weight is 249 g/mol. The van der Waals surface area contributed by atoms with Crippen molar-refractivity contribution in [1.82, 2.24) is 9.88 Å². The maximum Gasteiger partial charge on any atom is 0.267 e. The van der Waals surface area contributed by atoms with Crippen molar-refractivity contribution in [3.8, 4) is 0 Å². The van der Waals surface area contributed by atoms with E-state index in [0.717, 1.165) is 0 Å². The summed E-state index contributed by atoms with van der Waals surface area (Å²) in [6, 6.07) is 3.04. The van der Waals surface area contributed by atoms with Crippen LogP contribution >= 0.6 is 0 Å². The van der Waals surface area contributed by atoms with Gasteiger partial charge < -0.3 is 10.6 Å². The summed E-state index contributed by atoms with van der Waals surface area (Å²) in [5.74, 6) is -0.703. The third-order valence-electron chi connectivity index (χ3n) is 2.63. The van der Waals surface area contributed by atoms with E-state index in [4.69, 9.17) is 5.73 Å². The molecule has 0 aliphatic carbocycles. The molecule has 0 radical (unpaired) electrons. The molecule has 5 heteroatoms. The smallest absolute Gasteiger partial charge is 0.267 e. The molecule has 0 unspecified atom stereocenters. The standard InChI is InChI=1S/C13H19N3O2/c1-5-16(13(2,3)4)12(18)9-6-7-10(11(14)17)15-8-9/h6-8H,5H2,1-4H3,(H2,14,17). The number of carbonyl (C=O) groups is 2. The van der Waals surface area contributed by atoms with Crippen molar-refractivity contribution < 1.29 is 9.59 Å². The number of pyridine rings is 1. The molecule has 18 heavy (non-hydrogen) atoms. The third-order valence-corrected chi connectivity index (χ3v) is 2.63. The Balaban J connectivity index is 3.00. The highest BCUT2D eigenvalue weighted by molar-refractivity contribution is 5.96. The first-order valence-corrected chi connectivity index (χ1v) is 5.85. The molecule has 0 spiro atoms. The lowest BCUT2D eigenvalue weighted by Gasteiger charge is -2.34. The molecule has 5 nitrogen and oxygen atoms in total. The predicted octanol–water partition coefficient (Wildman–Crippen LogP) is 1.44. The van der Waals surface area contributed by atoms with Crippen molar-refractivity contribution >= 4 is 11.8 Å². The number of rotatable bonds is 3. The molecule has 0 saturated heterocycles. The van der Waals surface area contributed by atoms with E-state index in [-0.39, 0.29) is 17.1 Å². The van der Waals surface area contributed by atoms with E-state index in [1.807, 2.05) is 27.7 Å². The molecule has 1 rings (SSSR count). The molecule has 0 aliphatic heterocycles. The van der Waals surface area contributed by atoms with Gasteiger partial charge in [-0.1, -0.05) is 0 Å². The molecule has 98 valence electrons. The molecule has 0 atom stereocenters. The number of nitrogens with zero attached hydrogens (tertiary/aromatic N) is 2. The average Bonchev–Trinajstić information content (AvgIpc) is 2.28. The topological polar surface area (TPSA) is 76.3 Å². The van der Waals surface area contributed by atoms with Gasteiger partial charge in [0.1, 0.15) is 5.69 Å². The normalized spacial score (nSPS) is 11.1. The predicted molar refractivity (Wildman–Crippen MR) is 69.2 cm³/mol. The van der Waals surface area contributed by atoms with E-state index >= 15 is 0 Å². The third kappa shape index (κ3) is 3.06. The van der Waals surface area contributed by atoms with Gasteiger partial charge in [-0.2, -0.15) is 0 Å². The van der Waals surface area contributed by atoms with Gasteiger partial charge in [0.25, 0.3) is 11.8 Å². The summed E-state index contributed by atoms with van der Waals surface area (Å²) in [5.41, 5.74) is 5.46. The molecule has 2 amide bonds. The number of carbonyl (C=O) groups excluding carboxylic acids is 2. The maximum absolute atomic E-state index is 12.3. The largest absolute Gasteiger partial charge is 0.364 e. The molecule has 0 saturated carbocycles. The fourth-order valence-corrected chi connectivity index (χ4v) is 1.74. The Bertz CT molecular complexity index is 446. The van der Waals surface area contributed by atoms with Gasteiger partial charge in [-0.25, -0.2) is 0 Å². The second kappa shape index (κ2) is 5.16. The Hall–Kier alpha value is -1.91. The van der Waals surface area contributed by atoms with Crippen molar-refractivity contribution in [2.45, 2.75) is 33.2 Å². The number of amides is 2. The van der Waals surface area contributed by atoms with E-state index in [1.54, 1.807) is 11.0 Å². The second-order valence-electron chi connectivity index (χ2n) is 5.02. The van der Waals surface area contributed by atoms with Crippen molar-refractivity contribution in [1.29, 1.82) is 0 Å². The van der Waals surface area contributed by atoms with Crippen LogP contribution in [0.25, 0.3) is 0 Å². The minimum atomic E-state index is -0.600. The zero-order valence-electron chi connectivity index (χ0n) is 11.2. The summed E-state index contributed by atoms with van der Waals surface area (Å²) in [7, 11) is 0. The molecule has 1 heterocycles. The van der Waals surface area contributed by atoms with Gasteiger partial charge in [0.05, 0.1) is 5.56 Å². The van der Waals surface area contributed by atoms with Crippen LogP contribution in [-0.2, 0) is 0 Å². The fraction of sp³-hybridized carbons (Fsp3) is 0.462. The molecule has 0 fully saturated rings. The van der Waals surface area contributed by atoms with E-state index in [9.17, 15) is 9.59 Å². The summed E-state index contributed by atoms with van der Waals surface area (Å²) in [4.78, 5) is 28.8. The van der Waals surface area contributed by atoms with Crippen LogP contribution in [0.5, 0.6) is 0 Å². The van der Waals surface area contributed by atoms with Crippen LogP contribution < -0.4 is 5.73 Å². The highest BCUT2D eigenvalue weighted by Crippen LogP contribution is 2.16. The lowest BCUT2D eigenvalue weighted by Crippen LogP contribution is -2.45. The molecule has 0 aromatic carbocycles. The minimum Gasteiger partial charge on any atom is -0.364 e. The Morgan fingerprint density at radius 1 is 1.33 bits per heavy atom. The molecule has 0 bridgehead atoms. The SMILES string of the molecule is CCN(C(=O)c1ccc(C(N)=O)nc1)C(C)(C)C. The Morgan fingerprint density at radius 2 is 1.94 bits per heavy atom. The molecule has 0 aliphatic rings. The van der Waals surface area contributed by atoms with Crippen molar-refractivity contribution in [3.05, 3.63) is 29.6 Å². The first kappa shape index (κ1) is 14.2. The van der Waals surface area contributed by atoms with Crippen molar-refractivity contribution in [2.24, 2.45) is 5.73 Å². The van der Waals surface area contributed by atoms with E-state index in [1.165, 1.54) is 12.3 Å². The van der Waals surface area contributed by atoms with Gasteiger partial charge in [-0.3, -0.25) is 14.6 Å². The zero-order valence-corrected chi connectivity index (χ0v) is 11.2. The molecule has 1 aromatic heterocycles. The Kier molecular flexibility index (Phi) is 4.06. The summed E-state index contributed by atoms with van der Waals surface area (Å²) >= 11 is 0. The molecule has 1 aromatic rings. The first-order valence-electron chi connectivity index (χ1n) is 5.85. The highest BCUT2D eigenvalue weighted by atomic mass is 16.2. The van der Waals surface area contributed by atoms with E-state index in [0.29, 0.717) is 12.1 Å².